The summed E-state index contributed by atoms with van der Waals surface area (Å²) in [6, 6.07) is 4.46. The van der Waals surface area contributed by atoms with Gasteiger partial charge in [0.05, 0.1) is 35.9 Å². The Balaban J connectivity index is 2.49. The summed E-state index contributed by atoms with van der Waals surface area (Å²) in [6.45, 7) is 0.196. The summed E-state index contributed by atoms with van der Waals surface area (Å²) in [4.78, 5) is 0. The van der Waals surface area contributed by atoms with Gasteiger partial charge in [-0.25, -0.2) is 0 Å². The van der Waals surface area contributed by atoms with E-state index in [-0.39, 0.29) is 30.3 Å². The van der Waals surface area contributed by atoms with Crippen molar-refractivity contribution < 1.29 is 26.3 Å². The van der Waals surface area contributed by atoms with Crippen molar-refractivity contribution in [3.05, 3.63) is 41.6 Å². The van der Waals surface area contributed by atoms with Crippen molar-refractivity contribution in [1.29, 1.82) is 5.26 Å². The molecule has 0 spiro atoms. The van der Waals surface area contributed by atoms with Crippen LogP contribution in [0.3, 0.4) is 0 Å². The average Bonchev–Trinajstić information content (AvgIpc) is 2.91. The van der Waals surface area contributed by atoms with Crippen LogP contribution in [0.25, 0.3) is 11.3 Å². The SMILES string of the molecule is N#CCCn1ccc(-c2cc(C(F)(F)F)cc(C(F)(F)F)c2)n1. The van der Waals surface area contributed by atoms with Crippen molar-refractivity contribution in [2.45, 2.75) is 25.3 Å². The summed E-state index contributed by atoms with van der Waals surface area (Å²) in [5, 5.41) is 12.4. The molecule has 2 aromatic rings. The van der Waals surface area contributed by atoms with E-state index in [0.29, 0.717) is 12.1 Å². The molecule has 0 radical (unpaired) electrons. The number of halogens is 6. The number of aryl methyl sites for hydroxylation is 1. The lowest BCUT2D eigenvalue weighted by atomic mass is 10.0. The topological polar surface area (TPSA) is 41.6 Å². The van der Waals surface area contributed by atoms with Gasteiger partial charge in [0, 0.05) is 11.8 Å². The number of hydrogen-bond acceptors (Lipinski definition) is 2. The van der Waals surface area contributed by atoms with Crippen molar-refractivity contribution in [2.75, 3.05) is 0 Å². The Morgan fingerprint density at radius 2 is 1.57 bits per heavy atom. The highest BCUT2D eigenvalue weighted by Gasteiger charge is 2.37. The second-order valence-corrected chi connectivity index (χ2v) is 4.67. The van der Waals surface area contributed by atoms with Gasteiger partial charge in [-0.3, -0.25) is 4.68 Å². The summed E-state index contributed by atoms with van der Waals surface area (Å²) in [5.74, 6) is 0. The Kier molecular flexibility index (Phi) is 4.36. The van der Waals surface area contributed by atoms with Gasteiger partial charge in [-0.15, -0.1) is 0 Å². The van der Waals surface area contributed by atoms with Crippen LogP contribution in [0.15, 0.2) is 30.5 Å². The van der Waals surface area contributed by atoms with Gasteiger partial charge in [-0.1, -0.05) is 0 Å². The van der Waals surface area contributed by atoms with E-state index in [9.17, 15) is 26.3 Å². The third-order valence-electron chi connectivity index (χ3n) is 2.98. The fourth-order valence-corrected chi connectivity index (χ4v) is 1.91. The number of nitriles is 1. The minimum Gasteiger partial charge on any atom is -0.271 e. The second kappa shape index (κ2) is 5.95. The molecule has 2 rings (SSSR count). The molecule has 0 unspecified atom stereocenters. The molecule has 0 aliphatic heterocycles. The largest absolute Gasteiger partial charge is 0.416 e. The molecular formula is C14H9F6N3. The van der Waals surface area contributed by atoms with Crippen LogP contribution >= 0.6 is 0 Å². The van der Waals surface area contributed by atoms with Gasteiger partial charge in [0.2, 0.25) is 0 Å². The highest BCUT2D eigenvalue weighted by Crippen LogP contribution is 2.38. The Bertz CT molecular complexity index is 704. The fraction of sp³-hybridized carbons (Fsp3) is 0.286. The highest BCUT2D eigenvalue weighted by molar-refractivity contribution is 5.61. The van der Waals surface area contributed by atoms with Crippen molar-refractivity contribution in [2.24, 2.45) is 0 Å². The molecule has 0 fully saturated rings. The van der Waals surface area contributed by atoms with Crippen molar-refractivity contribution >= 4 is 0 Å². The standard InChI is InChI=1S/C14H9F6N3/c15-13(16,17)10-6-9(7-11(8-10)14(18,19)20)12-2-5-23(22-12)4-1-3-21/h2,5-8H,1,4H2. The van der Waals surface area contributed by atoms with Crippen LogP contribution in [0, 0.1) is 11.3 Å². The molecule has 122 valence electrons. The third-order valence-corrected chi connectivity index (χ3v) is 2.98. The molecular weight excluding hydrogens is 324 g/mol. The molecule has 9 heteroatoms. The molecule has 0 amide bonds. The summed E-state index contributed by atoms with van der Waals surface area (Å²) < 4.78 is 78.1. The lowest BCUT2D eigenvalue weighted by Gasteiger charge is -2.13. The lowest BCUT2D eigenvalue weighted by molar-refractivity contribution is -0.143. The van der Waals surface area contributed by atoms with Crippen LogP contribution in [0.2, 0.25) is 0 Å². The van der Waals surface area contributed by atoms with Gasteiger partial charge in [0.1, 0.15) is 0 Å². The molecule has 0 N–H and O–H groups in total. The second-order valence-electron chi connectivity index (χ2n) is 4.67. The van der Waals surface area contributed by atoms with Gasteiger partial charge in [-0.2, -0.15) is 36.7 Å². The predicted molar refractivity (Wildman–Crippen MR) is 67.9 cm³/mol. The Morgan fingerprint density at radius 1 is 1.00 bits per heavy atom. The van der Waals surface area contributed by atoms with Gasteiger partial charge in [0.25, 0.3) is 0 Å². The molecule has 3 nitrogen and oxygen atoms in total. The number of rotatable bonds is 3. The van der Waals surface area contributed by atoms with Crippen LogP contribution in [-0.4, -0.2) is 9.78 Å². The van der Waals surface area contributed by atoms with Crippen LogP contribution in [0.5, 0.6) is 0 Å². The van der Waals surface area contributed by atoms with Crippen LogP contribution < -0.4 is 0 Å². The molecule has 1 heterocycles. The van der Waals surface area contributed by atoms with Crippen molar-refractivity contribution in [3.63, 3.8) is 0 Å². The van der Waals surface area contributed by atoms with Gasteiger partial charge in [-0.05, 0) is 24.3 Å². The van der Waals surface area contributed by atoms with Gasteiger partial charge < -0.3 is 0 Å². The molecule has 23 heavy (non-hydrogen) atoms. The first-order chi connectivity index (χ1) is 10.6. The first-order valence-electron chi connectivity index (χ1n) is 6.31. The van der Waals surface area contributed by atoms with E-state index < -0.39 is 23.5 Å². The summed E-state index contributed by atoms with van der Waals surface area (Å²) in [7, 11) is 0. The molecule has 0 saturated carbocycles. The van der Waals surface area contributed by atoms with Crippen LogP contribution in [0.1, 0.15) is 17.5 Å². The Hall–Kier alpha value is -2.50. The molecule has 0 aliphatic rings. The van der Waals surface area contributed by atoms with E-state index in [1.54, 1.807) is 0 Å². The molecule has 1 aromatic heterocycles. The number of hydrogen-bond donors (Lipinski definition) is 0. The first-order valence-corrected chi connectivity index (χ1v) is 6.31. The average molecular weight is 333 g/mol. The van der Waals surface area contributed by atoms with Crippen molar-refractivity contribution in [3.8, 4) is 17.3 Å². The number of alkyl halides is 6. The quantitative estimate of drug-likeness (QED) is 0.776. The molecule has 0 saturated heterocycles. The van der Waals surface area contributed by atoms with E-state index in [2.05, 4.69) is 5.10 Å². The zero-order chi connectivity index (χ0) is 17.3. The summed E-state index contributed by atoms with van der Waals surface area (Å²) in [5.41, 5.74) is -3.11. The maximum absolute atomic E-state index is 12.8. The molecule has 1 aromatic carbocycles. The van der Waals surface area contributed by atoms with E-state index >= 15 is 0 Å². The fourth-order valence-electron chi connectivity index (χ4n) is 1.91. The van der Waals surface area contributed by atoms with Gasteiger partial charge >= 0.3 is 12.4 Å². The van der Waals surface area contributed by atoms with Crippen molar-refractivity contribution in [1.82, 2.24) is 9.78 Å². The Morgan fingerprint density at radius 3 is 2.04 bits per heavy atom. The maximum Gasteiger partial charge on any atom is 0.416 e. The van der Waals surface area contributed by atoms with Crippen LogP contribution in [-0.2, 0) is 18.9 Å². The minimum atomic E-state index is -4.90. The predicted octanol–water partition coefficient (Wildman–Crippen LogP) is 4.50. The highest BCUT2D eigenvalue weighted by atomic mass is 19.4. The smallest absolute Gasteiger partial charge is 0.271 e. The van der Waals surface area contributed by atoms with E-state index in [0.717, 1.165) is 0 Å². The first kappa shape index (κ1) is 16.9. The van der Waals surface area contributed by atoms with E-state index in [1.807, 2.05) is 6.07 Å². The Labute approximate surface area is 126 Å². The normalized spacial score (nSPS) is 12.2. The van der Waals surface area contributed by atoms with E-state index in [1.165, 1.54) is 16.9 Å². The third kappa shape index (κ3) is 4.03. The zero-order valence-electron chi connectivity index (χ0n) is 11.4. The molecule has 0 bridgehead atoms. The van der Waals surface area contributed by atoms with Crippen LogP contribution in [0.4, 0.5) is 26.3 Å². The maximum atomic E-state index is 12.8. The van der Waals surface area contributed by atoms with Gasteiger partial charge in [0.15, 0.2) is 0 Å². The van der Waals surface area contributed by atoms with E-state index in [4.69, 9.17) is 5.26 Å². The lowest BCUT2D eigenvalue weighted by Crippen LogP contribution is -2.11. The summed E-state index contributed by atoms with van der Waals surface area (Å²) in [6.07, 6.45) is -8.30. The molecule has 0 aliphatic carbocycles. The number of nitrogens with zero attached hydrogens (tertiary/aromatic N) is 3. The number of aromatic nitrogens is 2. The minimum absolute atomic E-state index is 0.0282. The monoisotopic (exact) mass is 333 g/mol. The molecule has 0 atom stereocenters. The summed E-state index contributed by atoms with van der Waals surface area (Å²) >= 11 is 0. The number of benzene rings is 1. The zero-order valence-corrected chi connectivity index (χ0v) is 11.4.